The average molecular weight is 247 g/mol. The maximum Gasteiger partial charge on any atom is 0.337 e. The second-order valence-electron chi connectivity index (χ2n) is 5.83. The van der Waals surface area contributed by atoms with Crippen molar-refractivity contribution in [3.63, 3.8) is 0 Å². The number of anilines is 1. The Labute approximate surface area is 108 Å². The number of hydrogen-bond donors (Lipinski definition) is 1. The summed E-state index contributed by atoms with van der Waals surface area (Å²) in [5.41, 5.74) is 1.65. The van der Waals surface area contributed by atoms with Crippen molar-refractivity contribution in [2.24, 2.45) is 5.41 Å². The number of aromatic carboxylic acids is 1. The number of carbonyl (C=O) groups is 1. The highest BCUT2D eigenvalue weighted by Crippen LogP contribution is 2.32. The van der Waals surface area contributed by atoms with Crippen LogP contribution in [0.4, 0.5) is 5.69 Å². The van der Waals surface area contributed by atoms with Crippen LogP contribution in [0.25, 0.3) is 0 Å². The molecular weight excluding hydrogens is 226 g/mol. The molecular formula is C15H21NO2. The maximum atomic E-state index is 11.3. The Morgan fingerprint density at radius 3 is 2.67 bits per heavy atom. The molecule has 0 radical (unpaired) electrons. The molecule has 3 heteroatoms. The van der Waals surface area contributed by atoms with Gasteiger partial charge in [-0.2, -0.15) is 0 Å². The van der Waals surface area contributed by atoms with E-state index < -0.39 is 5.97 Å². The van der Waals surface area contributed by atoms with Crippen LogP contribution in [0.2, 0.25) is 0 Å². The molecule has 0 spiro atoms. The van der Waals surface area contributed by atoms with E-state index in [2.05, 4.69) is 18.7 Å². The van der Waals surface area contributed by atoms with Gasteiger partial charge >= 0.3 is 5.97 Å². The van der Waals surface area contributed by atoms with Gasteiger partial charge in [-0.15, -0.1) is 0 Å². The van der Waals surface area contributed by atoms with Crippen molar-refractivity contribution in [3.05, 3.63) is 29.8 Å². The first-order chi connectivity index (χ1) is 8.49. The lowest BCUT2D eigenvalue weighted by Gasteiger charge is -2.26. The third-order valence-corrected chi connectivity index (χ3v) is 3.82. The van der Waals surface area contributed by atoms with Gasteiger partial charge in [0.25, 0.3) is 0 Å². The third kappa shape index (κ3) is 2.84. The summed E-state index contributed by atoms with van der Waals surface area (Å²) in [6.07, 6.45) is 3.45. The third-order valence-electron chi connectivity index (χ3n) is 3.82. The lowest BCUT2D eigenvalue weighted by molar-refractivity contribution is 0.0697. The van der Waals surface area contributed by atoms with Crippen LogP contribution in [-0.4, -0.2) is 24.2 Å². The van der Waals surface area contributed by atoms with E-state index in [9.17, 15) is 9.90 Å². The monoisotopic (exact) mass is 247 g/mol. The lowest BCUT2D eigenvalue weighted by atomic mass is 9.85. The van der Waals surface area contributed by atoms with Gasteiger partial charge in [-0.1, -0.05) is 26.0 Å². The summed E-state index contributed by atoms with van der Waals surface area (Å²) in [6.45, 7) is 6.48. The zero-order valence-corrected chi connectivity index (χ0v) is 11.1. The Kier molecular flexibility index (Phi) is 3.60. The Morgan fingerprint density at radius 2 is 1.94 bits per heavy atom. The zero-order chi connectivity index (χ0) is 13.2. The first-order valence-electron chi connectivity index (χ1n) is 6.57. The second-order valence-corrected chi connectivity index (χ2v) is 5.83. The van der Waals surface area contributed by atoms with Crippen LogP contribution >= 0.6 is 0 Å². The fourth-order valence-electron chi connectivity index (χ4n) is 2.59. The Morgan fingerprint density at radius 1 is 1.22 bits per heavy atom. The minimum absolute atomic E-state index is 0.368. The van der Waals surface area contributed by atoms with Gasteiger partial charge < -0.3 is 10.0 Å². The molecule has 1 aromatic rings. The van der Waals surface area contributed by atoms with Gasteiger partial charge in [0.05, 0.1) is 11.3 Å². The molecule has 0 unspecified atom stereocenters. The van der Waals surface area contributed by atoms with Crippen LogP contribution in [0, 0.1) is 5.41 Å². The highest BCUT2D eigenvalue weighted by Gasteiger charge is 2.24. The van der Waals surface area contributed by atoms with E-state index >= 15 is 0 Å². The van der Waals surface area contributed by atoms with Crippen LogP contribution in [0.5, 0.6) is 0 Å². The maximum absolute atomic E-state index is 11.3. The highest BCUT2D eigenvalue weighted by molar-refractivity contribution is 5.94. The van der Waals surface area contributed by atoms with Gasteiger partial charge in [0.1, 0.15) is 0 Å². The molecule has 1 aliphatic heterocycles. The molecule has 98 valence electrons. The topological polar surface area (TPSA) is 40.5 Å². The Hall–Kier alpha value is -1.51. The molecule has 1 N–H and O–H groups in total. The molecule has 3 nitrogen and oxygen atoms in total. The molecule has 0 atom stereocenters. The molecule has 0 amide bonds. The van der Waals surface area contributed by atoms with Crippen molar-refractivity contribution in [1.82, 2.24) is 0 Å². The number of nitrogens with zero attached hydrogens (tertiary/aromatic N) is 1. The quantitative estimate of drug-likeness (QED) is 0.870. The Bertz CT molecular complexity index is 440. The summed E-state index contributed by atoms with van der Waals surface area (Å²) in [6, 6.07) is 7.31. The molecule has 1 aliphatic rings. The van der Waals surface area contributed by atoms with Crippen molar-refractivity contribution < 1.29 is 9.90 Å². The fraction of sp³-hybridized carbons (Fsp3) is 0.533. The molecule has 0 saturated carbocycles. The minimum atomic E-state index is -0.839. The minimum Gasteiger partial charge on any atom is -0.478 e. The van der Waals surface area contributed by atoms with Crippen molar-refractivity contribution in [2.75, 3.05) is 18.0 Å². The van der Waals surface area contributed by atoms with E-state index in [0.717, 1.165) is 31.6 Å². The average Bonchev–Trinajstić information content (AvgIpc) is 2.50. The number of benzene rings is 1. The van der Waals surface area contributed by atoms with Gasteiger partial charge in [-0.3, -0.25) is 0 Å². The van der Waals surface area contributed by atoms with E-state index in [4.69, 9.17) is 0 Å². The molecule has 1 saturated heterocycles. The van der Waals surface area contributed by atoms with Crippen LogP contribution in [0.3, 0.4) is 0 Å². The normalized spacial score (nSPS) is 19.3. The largest absolute Gasteiger partial charge is 0.478 e. The van der Waals surface area contributed by atoms with E-state index in [-0.39, 0.29) is 0 Å². The van der Waals surface area contributed by atoms with Crippen molar-refractivity contribution in [1.29, 1.82) is 0 Å². The zero-order valence-electron chi connectivity index (χ0n) is 11.1. The van der Waals surface area contributed by atoms with Crippen molar-refractivity contribution in [2.45, 2.75) is 33.1 Å². The molecule has 18 heavy (non-hydrogen) atoms. The second kappa shape index (κ2) is 5.01. The van der Waals surface area contributed by atoms with Crippen LogP contribution < -0.4 is 4.90 Å². The fourth-order valence-corrected chi connectivity index (χ4v) is 2.59. The van der Waals surface area contributed by atoms with Crippen LogP contribution in [0.1, 0.15) is 43.5 Å². The summed E-state index contributed by atoms with van der Waals surface area (Å²) in [5.74, 6) is -0.839. The first kappa shape index (κ1) is 12.9. The van der Waals surface area contributed by atoms with Crippen LogP contribution in [0.15, 0.2) is 24.3 Å². The summed E-state index contributed by atoms with van der Waals surface area (Å²) in [5, 5.41) is 9.24. The van der Waals surface area contributed by atoms with Gasteiger partial charge in [0, 0.05) is 13.1 Å². The summed E-state index contributed by atoms with van der Waals surface area (Å²) >= 11 is 0. The van der Waals surface area contributed by atoms with Gasteiger partial charge in [0.2, 0.25) is 0 Å². The Balaban J connectivity index is 2.24. The number of carboxylic acids is 1. The lowest BCUT2D eigenvalue weighted by Crippen LogP contribution is -2.26. The van der Waals surface area contributed by atoms with Crippen molar-refractivity contribution >= 4 is 11.7 Å². The molecule has 1 fully saturated rings. The molecule has 0 aliphatic carbocycles. The van der Waals surface area contributed by atoms with Gasteiger partial charge in [0.15, 0.2) is 0 Å². The molecule has 2 rings (SSSR count). The molecule has 1 aromatic carbocycles. The molecule has 0 bridgehead atoms. The molecule has 0 aromatic heterocycles. The standard InChI is InChI=1S/C15H21NO2/c1-15(2)8-5-10-16(11-9-15)13-7-4-3-6-12(13)14(17)18/h3-4,6-7H,5,8-11H2,1-2H3,(H,17,18). The first-order valence-corrected chi connectivity index (χ1v) is 6.57. The summed E-state index contributed by atoms with van der Waals surface area (Å²) < 4.78 is 0. The smallest absolute Gasteiger partial charge is 0.337 e. The van der Waals surface area contributed by atoms with Crippen LogP contribution in [-0.2, 0) is 0 Å². The molecule has 1 heterocycles. The summed E-state index contributed by atoms with van der Waals surface area (Å²) in [7, 11) is 0. The number of para-hydroxylation sites is 1. The predicted octanol–water partition coefficient (Wildman–Crippen LogP) is 3.40. The van der Waals surface area contributed by atoms with Gasteiger partial charge in [-0.25, -0.2) is 4.79 Å². The summed E-state index contributed by atoms with van der Waals surface area (Å²) in [4.78, 5) is 13.5. The number of rotatable bonds is 2. The van der Waals surface area contributed by atoms with Gasteiger partial charge in [-0.05, 0) is 36.8 Å². The number of carboxylic acid groups (broad SMARTS) is 1. The number of hydrogen-bond acceptors (Lipinski definition) is 2. The van der Waals surface area contributed by atoms with E-state index in [1.54, 1.807) is 12.1 Å². The van der Waals surface area contributed by atoms with Crippen molar-refractivity contribution in [3.8, 4) is 0 Å². The van der Waals surface area contributed by atoms with E-state index in [0.29, 0.717) is 11.0 Å². The van der Waals surface area contributed by atoms with E-state index in [1.807, 2.05) is 12.1 Å². The SMILES string of the molecule is CC1(C)CCCN(c2ccccc2C(=O)O)CC1. The predicted molar refractivity (Wildman–Crippen MR) is 73.2 cm³/mol. The highest BCUT2D eigenvalue weighted by atomic mass is 16.4. The van der Waals surface area contributed by atoms with E-state index in [1.165, 1.54) is 6.42 Å².